The summed E-state index contributed by atoms with van der Waals surface area (Å²) in [6.45, 7) is 4.54. The summed E-state index contributed by atoms with van der Waals surface area (Å²) in [5, 5.41) is 0. The third-order valence-corrected chi connectivity index (χ3v) is 4.17. The molecule has 1 aliphatic heterocycles. The molecule has 0 radical (unpaired) electrons. The number of nitrogens with zero attached hydrogens (tertiary/aromatic N) is 2. The molecule has 4 rings (SSSR count). The zero-order valence-electron chi connectivity index (χ0n) is 15.5. The molecule has 1 aliphatic rings. The van der Waals surface area contributed by atoms with E-state index in [0.717, 1.165) is 11.3 Å². The van der Waals surface area contributed by atoms with E-state index < -0.39 is 12.3 Å². The van der Waals surface area contributed by atoms with Crippen molar-refractivity contribution in [3.8, 4) is 5.75 Å². The standard InChI is InChI=1S/C20H19N3O5/c1-3-25-13-7-5-6-12(8-13)20-27-10-15(28-20)17-18-16(22-11-23-17)14(9-21-18)19(24)26-4-2/h5-11,20-21H,3-4H2,1-2H3. The number of aromatic nitrogens is 3. The lowest BCUT2D eigenvalue weighted by molar-refractivity contribution is -0.0173. The van der Waals surface area contributed by atoms with Crippen molar-refractivity contribution in [3.63, 3.8) is 0 Å². The molecule has 3 heterocycles. The molecule has 0 fully saturated rings. The van der Waals surface area contributed by atoms with Gasteiger partial charge in [-0.15, -0.1) is 0 Å². The van der Waals surface area contributed by atoms with Crippen molar-refractivity contribution in [1.29, 1.82) is 0 Å². The zero-order chi connectivity index (χ0) is 19.5. The second-order valence-corrected chi connectivity index (χ2v) is 5.94. The van der Waals surface area contributed by atoms with E-state index in [4.69, 9.17) is 18.9 Å². The lowest BCUT2D eigenvalue weighted by Crippen LogP contribution is -2.04. The molecule has 1 atom stereocenters. The Labute approximate surface area is 161 Å². The van der Waals surface area contributed by atoms with Crippen LogP contribution in [0.25, 0.3) is 16.8 Å². The average molecular weight is 381 g/mol. The quantitative estimate of drug-likeness (QED) is 0.652. The van der Waals surface area contributed by atoms with E-state index in [2.05, 4.69) is 15.0 Å². The van der Waals surface area contributed by atoms with Crippen LogP contribution in [0, 0.1) is 0 Å². The molecule has 1 N–H and O–H groups in total. The maximum absolute atomic E-state index is 12.1. The number of esters is 1. The van der Waals surface area contributed by atoms with Crippen LogP contribution in [0.2, 0.25) is 0 Å². The molecule has 0 amide bonds. The fourth-order valence-electron chi connectivity index (χ4n) is 2.96. The average Bonchev–Trinajstić information content (AvgIpc) is 3.36. The van der Waals surface area contributed by atoms with Crippen LogP contribution >= 0.6 is 0 Å². The Kier molecular flexibility index (Phi) is 4.84. The van der Waals surface area contributed by atoms with Crippen molar-refractivity contribution in [2.45, 2.75) is 20.1 Å². The molecule has 0 bridgehead atoms. The van der Waals surface area contributed by atoms with Crippen LogP contribution in [0.15, 0.2) is 43.1 Å². The Morgan fingerprint density at radius 2 is 2.14 bits per heavy atom. The van der Waals surface area contributed by atoms with Gasteiger partial charge in [-0.3, -0.25) is 0 Å². The Hall–Kier alpha value is -3.55. The van der Waals surface area contributed by atoms with E-state index in [1.54, 1.807) is 13.1 Å². The normalized spacial score (nSPS) is 15.6. The number of aromatic amines is 1. The molecule has 8 nitrogen and oxygen atoms in total. The maximum Gasteiger partial charge on any atom is 0.341 e. The number of nitrogens with one attached hydrogen (secondary N) is 1. The van der Waals surface area contributed by atoms with Gasteiger partial charge in [0.1, 0.15) is 35.1 Å². The highest BCUT2D eigenvalue weighted by Crippen LogP contribution is 2.36. The molecule has 2 aromatic heterocycles. The zero-order valence-corrected chi connectivity index (χ0v) is 15.5. The number of carbonyl (C=O) groups excluding carboxylic acids is 1. The minimum absolute atomic E-state index is 0.286. The Bertz CT molecular complexity index is 1040. The van der Waals surface area contributed by atoms with Crippen LogP contribution in [-0.4, -0.2) is 34.1 Å². The van der Waals surface area contributed by atoms with Gasteiger partial charge in [0.15, 0.2) is 5.76 Å². The third-order valence-electron chi connectivity index (χ3n) is 4.17. The Morgan fingerprint density at radius 1 is 1.25 bits per heavy atom. The highest BCUT2D eigenvalue weighted by atomic mass is 16.7. The molecule has 0 saturated heterocycles. The number of carbonyl (C=O) groups is 1. The first-order chi connectivity index (χ1) is 13.7. The van der Waals surface area contributed by atoms with E-state index in [9.17, 15) is 4.79 Å². The van der Waals surface area contributed by atoms with Gasteiger partial charge in [-0.1, -0.05) is 12.1 Å². The van der Waals surface area contributed by atoms with Crippen LogP contribution in [0.5, 0.6) is 5.75 Å². The first kappa shape index (κ1) is 17.8. The third kappa shape index (κ3) is 3.24. The summed E-state index contributed by atoms with van der Waals surface area (Å²) >= 11 is 0. The minimum Gasteiger partial charge on any atom is -0.494 e. The fraction of sp³-hybridized carbons (Fsp3) is 0.250. The van der Waals surface area contributed by atoms with Crippen LogP contribution < -0.4 is 4.74 Å². The van der Waals surface area contributed by atoms with Gasteiger partial charge in [0.25, 0.3) is 6.29 Å². The summed E-state index contributed by atoms with van der Waals surface area (Å²) in [4.78, 5) is 23.6. The van der Waals surface area contributed by atoms with E-state index in [0.29, 0.717) is 34.7 Å². The SMILES string of the molecule is CCOC(=O)c1c[nH]c2c(C3=COC(c4cccc(OCC)c4)O3)ncnc12. The number of benzene rings is 1. The number of H-pyrrole nitrogens is 1. The second-order valence-electron chi connectivity index (χ2n) is 5.94. The molecule has 1 aromatic carbocycles. The second kappa shape index (κ2) is 7.59. The molecule has 3 aromatic rings. The summed E-state index contributed by atoms with van der Waals surface area (Å²) in [6.07, 6.45) is 3.83. The molecule has 144 valence electrons. The molecule has 0 spiro atoms. The topological polar surface area (TPSA) is 95.6 Å². The number of rotatable bonds is 6. The van der Waals surface area contributed by atoms with Gasteiger partial charge in [-0.25, -0.2) is 14.8 Å². The van der Waals surface area contributed by atoms with Crippen LogP contribution in [-0.2, 0) is 14.2 Å². The molecule has 8 heteroatoms. The lowest BCUT2D eigenvalue weighted by Gasteiger charge is -2.13. The van der Waals surface area contributed by atoms with Gasteiger partial charge in [-0.05, 0) is 26.0 Å². The highest BCUT2D eigenvalue weighted by Gasteiger charge is 2.27. The molecular weight excluding hydrogens is 362 g/mol. The minimum atomic E-state index is -0.611. The summed E-state index contributed by atoms with van der Waals surface area (Å²) in [5.41, 5.74) is 2.71. The molecule has 0 aliphatic carbocycles. The number of fused-ring (bicyclic) bond motifs is 1. The lowest BCUT2D eigenvalue weighted by atomic mass is 10.2. The first-order valence-corrected chi connectivity index (χ1v) is 8.95. The van der Waals surface area contributed by atoms with Gasteiger partial charge in [0.2, 0.25) is 0 Å². The van der Waals surface area contributed by atoms with Crippen molar-refractivity contribution in [2.24, 2.45) is 0 Å². The van der Waals surface area contributed by atoms with E-state index in [1.165, 1.54) is 12.6 Å². The monoisotopic (exact) mass is 381 g/mol. The van der Waals surface area contributed by atoms with Gasteiger partial charge in [-0.2, -0.15) is 0 Å². The predicted molar refractivity (Wildman–Crippen MR) is 100 cm³/mol. The number of hydrogen-bond acceptors (Lipinski definition) is 7. The predicted octanol–water partition coefficient (Wildman–Crippen LogP) is 3.58. The Morgan fingerprint density at radius 3 is 2.96 bits per heavy atom. The maximum atomic E-state index is 12.1. The fourth-order valence-corrected chi connectivity index (χ4v) is 2.96. The van der Waals surface area contributed by atoms with Crippen molar-refractivity contribution in [3.05, 3.63) is 59.9 Å². The van der Waals surface area contributed by atoms with Gasteiger partial charge >= 0.3 is 5.97 Å². The smallest absolute Gasteiger partial charge is 0.341 e. The summed E-state index contributed by atoms with van der Waals surface area (Å²) in [6, 6.07) is 7.52. The number of ether oxygens (including phenoxy) is 4. The van der Waals surface area contributed by atoms with Crippen LogP contribution in [0.4, 0.5) is 0 Å². The van der Waals surface area contributed by atoms with Gasteiger partial charge in [0, 0.05) is 11.8 Å². The molecule has 28 heavy (non-hydrogen) atoms. The largest absolute Gasteiger partial charge is 0.494 e. The molecule has 0 saturated carbocycles. The number of hydrogen-bond donors (Lipinski definition) is 1. The van der Waals surface area contributed by atoms with E-state index in [-0.39, 0.29) is 6.61 Å². The summed E-state index contributed by atoms with van der Waals surface area (Å²) in [5.74, 6) is 0.742. The van der Waals surface area contributed by atoms with E-state index in [1.807, 2.05) is 31.2 Å². The summed E-state index contributed by atoms with van der Waals surface area (Å²) < 4.78 is 22.2. The van der Waals surface area contributed by atoms with Gasteiger partial charge in [0.05, 0.1) is 18.7 Å². The van der Waals surface area contributed by atoms with Crippen molar-refractivity contribution >= 4 is 22.8 Å². The van der Waals surface area contributed by atoms with Crippen molar-refractivity contribution < 1.29 is 23.7 Å². The first-order valence-electron chi connectivity index (χ1n) is 8.95. The van der Waals surface area contributed by atoms with Crippen LogP contribution in [0.1, 0.15) is 41.8 Å². The summed E-state index contributed by atoms with van der Waals surface area (Å²) in [7, 11) is 0. The van der Waals surface area contributed by atoms with Crippen molar-refractivity contribution in [1.82, 2.24) is 15.0 Å². The van der Waals surface area contributed by atoms with Crippen molar-refractivity contribution in [2.75, 3.05) is 13.2 Å². The van der Waals surface area contributed by atoms with Crippen LogP contribution in [0.3, 0.4) is 0 Å². The molecule has 1 unspecified atom stereocenters. The van der Waals surface area contributed by atoms with Gasteiger partial charge < -0.3 is 23.9 Å². The Balaban J connectivity index is 1.60. The highest BCUT2D eigenvalue weighted by molar-refractivity contribution is 6.04. The van der Waals surface area contributed by atoms with E-state index >= 15 is 0 Å². The molecular formula is C20H19N3O5.